The molecule has 1 aliphatic heterocycles. The number of carbonyl (C=O) groups is 1. The molecule has 0 aromatic heterocycles. The standard InChI is InChI=1S/C14H21N3O/c1-11-3-5-12(6-4-11)7-16(2)14(18)10-17-8-13(15)9-17/h3-6,13H,7-10,15H2,1-2H3. The number of hydrogen-bond acceptors (Lipinski definition) is 3. The summed E-state index contributed by atoms with van der Waals surface area (Å²) in [7, 11) is 1.85. The lowest BCUT2D eigenvalue weighted by atomic mass is 10.1. The van der Waals surface area contributed by atoms with Crippen molar-refractivity contribution in [1.82, 2.24) is 9.80 Å². The number of hydrogen-bond donors (Lipinski definition) is 1. The van der Waals surface area contributed by atoms with Gasteiger partial charge >= 0.3 is 0 Å². The summed E-state index contributed by atoms with van der Waals surface area (Å²) in [6.45, 7) is 4.88. The van der Waals surface area contributed by atoms with E-state index in [0.717, 1.165) is 18.7 Å². The summed E-state index contributed by atoms with van der Waals surface area (Å²) in [6.07, 6.45) is 0. The van der Waals surface area contributed by atoms with Gasteiger partial charge in [-0.15, -0.1) is 0 Å². The van der Waals surface area contributed by atoms with Crippen molar-refractivity contribution >= 4 is 5.91 Å². The first-order valence-electron chi connectivity index (χ1n) is 6.32. The van der Waals surface area contributed by atoms with Crippen molar-refractivity contribution in [1.29, 1.82) is 0 Å². The molecule has 1 heterocycles. The number of amides is 1. The van der Waals surface area contributed by atoms with Gasteiger partial charge in [-0.2, -0.15) is 0 Å². The maximum Gasteiger partial charge on any atom is 0.236 e. The molecule has 1 saturated heterocycles. The minimum absolute atomic E-state index is 0.155. The van der Waals surface area contributed by atoms with Crippen LogP contribution in [0.4, 0.5) is 0 Å². The highest BCUT2D eigenvalue weighted by Gasteiger charge is 2.25. The smallest absolute Gasteiger partial charge is 0.236 e. The zero-order valence-electron chi connectivity index (χ0n) is 11.1. The summed E-state index contributed by atoms with van der Waals surface area (Å²) in [5, 5.41) is 0. The second kappa shape index (κ2) is 5.50. The SMILES string of the molecule is Cc1ccc(CN(C)C(=O)CN2CC(N)C2)cc1. The fourth-order valence-electron chi connectivity index (χ4n) is 2.11. The van der Waals surface area contributed by atoms with E-state index < -0.39 is 0 Å². The van der Waals surface area contributed by atoms with Crippen LogP contribution in [0.3, 0.4) is 0 Å². The minimum atomic E-state index is 0.155. The molecule has 1 aromatic carbocycles. The van der Waals surface area contributed by atoms with Crippen molar-refractivity contribution < 1.29 is 4.79 Å². The number of carbonyl (C=O) groups excluding carboxylic acids is 1. The van der Waals surface area contributed by atoms with Gasteiger partial charge in [-0.25, -0.2) is 0 Å². The van der Waals surface area contributed by atoms with Gasteiger partial charge < -0.3 is 10.6 Å². The molecule has 18 heavy (non-hydrogen) atoms. The topological polar surface area (TPSA) is 49.6 Å². The fraction of sp³-hybridized carbons (Fsp3) is 0.500. The van der Waals surface area contributed by atoms with Crippen LogP contribution in [0.15, 0.2) is 24.3 Å². The minimum Gasteiger partial charge on any atom is -0.340 e. The largest absolute Gasteiger partial charge is 0.340 e. The third-order valence-corrected chi connectivity index (χ3v) is 3.31. The third-order valence-electron chi connectivity index (χ3n) is 3.31. The lowest BCUT2D eigenvalue weighted by molar-refractivity contribution is -0.132. The summed E-state index contributed by atoms with van der Waals surface area (Å²) in [4.78, 5) is 15.8. The molecule has 0 spiro atoms. The quantitative estimate of drug-likeness (QED) is 0.847. The third kappa shape index (κ3) is 3.31. The summed E-state index contributed by atoms with van der Waals surface area (Å²) >= 11 is 0. The monoisotopic (exact) mass is 247 g/mol. The molecule has 4 nitrogen and oxygen atoms in total. The van der Waals surface area contributed by atoms with E-state index in [1.807, 2.05) is 7.05 Å². The molecule has 0 aliphatic carbocycles. The van der Waals surface area contributed by atoms with Crippen LogP contribution in [-0.4, -0.2) is 48.4 Å². The first kappa shape index (κ1) is 13.1. The van der Waals surface area contributed by atoms with Crippen molar-refractivity contribution in [2.24, 2.45) is 5.73 Å². The Hall–Kier alpha value is -1.39. The van der Waals surface area contributed by atoms with Crippen LogP contribution in [0, 0.1) is 6.92 Å². The normalized spacial score (nSPS) is 16.4. The zero-order chi connectivity index (χ0) is 13.1. The van der Waals surface area contributed by atoms with Crippen LogP contribution in [0.25, 0.3) is 0 Å². The Morgan fingerprint density at radius 1 is 1.39 bits per heavy atom. The van der Waals surface area contributed by atoms with Crippen molar-refractivity contribution in [3.63, 3.8) is 0 Å². The lowest BCUT2D eigenvalue weighted by Gasteiger charge is -2.37. The molecule has 1 fully saturated rings. The number of benzene rings is 1. The Kier molecular flexibility index (Phi) is 3.99. The average molecular weight is 247 g/mol. The summed E-state index contributed by atoms with van der Waals surface area (Å²) < 4.78 is 0. The number of likely N-dealkylation sites (N-methyl/N-ethyl adjacent to an activating group) is 1. The zero-order valence-corrected chi connectivity index (χ0v) is 11.1. The second-order valence-corrected chi connectivity index (χ2v) is 5.19. The van der Waals surface area contributed by atoms with Gasteiger partial charge in [0.2, 0.25) is 5.91 Å². The Morgan fingerprint density at radius 2 is 2.00 bits per heavy atom. The molecule has 1 aromatic rings. The van der Waals surface area contributed by atoms with Gasteiger partial charge in [0, 0.05) is 32.7 Å². The number of aryl methyl sites for hydroxylation is 1. The van der Waals surface area contributed by atoms with Gasteiger partial charge in [-0.05, 0) is 12.5 Å². The first-order valence-corrected chi connectivity index (χ1v) is 6.32. The van der Waals surface area contributed by atoms with Crippen LogP contribution in [0.5, 0.6) is 0 Å². The number of rotatable bonds is 4. The maximum absolute atomic E-state index is 12.0. The van der Waals surface area contributed by atoms with E-state index in [9.17, 15) is 4.79 Å². The van der Waals surface area contributed by atoms with Crippen LogP contribution < -0.4 is 5.73 Å². The van der Waals surface area contributed by atoms with E-state index in [-0.39, 0.29) is 11.9 Å². The molecule has 0 bridgehead atoms. The second-order valence-electron chi connectivity index (χ2n) is 5.19. The van der Waals surface area contributed by atoms with Crippen molar-refractivity contribution in [3.8, 4) is 0 Å². The number of nitrogens with two attached hydrogens (primary N) is 1. The van der Waals surface area contributed by atoms with E-state index >= 15 is 0 Å². The summed E-state index contributed by atoms with van der Waals surface area (Å²) in [6, 6.07) is 8.53. The molecule has 1 aliphatic rings. The van der Waals surface area contributed by atoms with E-state index in [2.05, 4.69) is 36.1 Å². The van der Waals surface area contributed by atoms with Gasteiger partial charge in [0.1, 0.15) is 0 Å². The fourth-order valence-corrected chi connectivity index (χ4v) is 2.11. The molecule has 98 valence electrons. The highest BCUT2D eigenvalue weighted by molar-refractivity contribution is 5.78. The van der Waals surface area contributed by atoms with Gasteiger partial charge in [0.25, 0.3) is 0 Å². The summed E-state index contributed by atoms with van der Waals surface area (Å²) in [5.74, 6) is 0.155. The Balaban J connectivity index is 1.81. The van der Waals surface area contributed by atoms with Gasteiger partial charge in [-0.1, -0.05) is 29.8 Å². The lowest BCUT2D eigenvalue weighted by Crippen LogP contribution is -2.57. The Labute approximate surface area is 108 Å². The molecular weight excluding hydrogens is 226 g/mol. The predicted molar refractivity (Wildman–Crippen MR) is 72.1 cm³/mol. The molecule has 0 radical (unpaired) electrons. The van der Waals surface area contributed by atoms with Crippen molar-refractivity contribution in [2.75, 3.05) is 26.7 Å². The van der Waals surface area contributed by atoms with Gasteiger partial charge in [-0.3, -0.25) is 9.69 Å². The van der Waals surface area contributed by atoms with Crippen molar-refractivity contribution in [2.45, 2.75) is 19.5 Å². The van der Waals surface area contributed by atoms with E-state index in [4.69, 9.17) is 5.73 Å². The van der Waals surface area contributed by atoms with Crippen LogP contribution in [-0.2, 0) is 11.3 Å². The summed E-state index contributed by atoms with van der Waals surface area (Å²) in [5.41, 5.74) is 8.09. The number of likely N-dealkylation sites (tertiary alicyclic amines) is 1. The maximum atomic E-state index is 12.0. The molecule has 0 saturated carbocycles. The van der Waals surface area contributed by atoms with E-state index in [1.165, 1.54) is 5.56 Å². The Morgan fingerprint density at radius 3 is 2.56 bits per heavy atom. The average Bonchev–Trinajstić information content (AvgIpc) is 2.30. The molecule has 4 heteroatoms. The Bertz CT molecular complexity index is 410. The predicted octanol–water partition coefficient (Wildman–Crippen LogP) is 0.596. The molecule has 2 rings (SSSR count). The molecular formula is C14H21N3O. The highest BCUT2D eigenvalue weighted by atomic mass is 16.2. The molecule has 0 atom stereocenters. The highest BCUT2D eigenvalue weighted by Crippen LogP contribution is 2.08. The molecule has 2 N–H and O–H groups in total. The number of nitrogens with zero attached hydrogens (tertiary/aromatic N) is 2. The molecule has 0 unspecified atom stereocenters. The van der Waals surface area contributed by atoms with Crippen molar-refractivity contribution in [3.05, 3.63) is 35.4 Å². The van der Waals surface area contributed by atoms with Gasteiger partial charge in [0.05, 0.1) is 6.54 Å². The van der Waals surface area contributed by atoms with Crippen LogP contribution in [0.2, 0.25) is 0 Å². The van der Waals surface area contributed by atoms with E-state index in [0.29, 0.717) is 13.1 Å². The molecule has 1 amide bonds. The van der Waals surface area contributed by atoms with E-state index in [1.54, 1.807) is 4.90 Å². The van der Waals surface area contributed by atoms with Crippen LogP contribution >= 0.6 is 0 Å². The van der Waals surface area contributed by atoms with Crippen LogP contribution in [0.1, 0.15) is 11.1 Å². The first-order chi connectivity index (χ1) is 8.54. The van der Waals surface area contributed by atoms with Gasteiger partial charge in [0.15, 0.2) is 0 Å².